The monoisotopic (exact) mass is 338 g/mol. The lowest BCUT2D eigenvalue weighted by Gasteiger charge is -2.31. The predicted octanol–water partition coefficient (Wildman–Crippen LogP) is 0.473. The Kier molecular flexibility index (Phi) is 4.44. The third kappa shape index (κ3) is 3.42. The number of aromatic amines is 1. The van der Waals surface area contributed by atoms with Crippen molar-refractivity contribution in [1.82, 2.24) is 24.2 Å². The number of methoxy groups -OCH3 is 1. The molecule has 2 N–H and O–H groups in total. The molecule has 124 valence electrons. The molecule has 0 saturated carbocycles. The number of imidazole rings is 1. The molecule has 3 rings (SSSR count). The van der Waals surface area contributed by atoms with Crippen molar-refractivity contribution in [3.8, 4) is 5.88 Å². The van der Waals surface area contributed by atoms with Gasteiger partial charge in [-0.3, -0.25) is 0 Å². The smallest absolute Gasteiger partial charge is 0.260 e. The summed E-state index contributed by atoms with van der Waals surface area (Å²) in [6.45, 7) is 0.891. The largest absolute Gasteiger partial charge is 0.481 e. The van der Waals surface area contributed by atoms with E-state index in [0.29, 0.717) is 37.6 Å². The topological polar surface area (TPSA) is 113 Å². The summed E-state index contributed by atoms with van der Waals surface area (Å²) in [5, 5.41) is 3.42. The van der Waals surface area contributed by atoms with Gasteiger partial charge in [0, 0.05) is 25.2 Å². The third-order valence-corrected chi connectivity index (χ3v) is 5.57. The quantitative estimate of drug-likeness (QED) is 0.815. The van der Waals surface area contributed by atoms with Gasteiger partial charge in [0.05, 0.1) is 19.6 Å². The summed E-state index contributed by atoms with van der Waals surface area (Å²) in [6, 6.07) is 1.87. The van der Waals surface area contributed by atoms with Crippen LogP contribution < -0.4 is 10.1 Å². The summed E-state index contributed by atoms with van der Waals surface area (Å²) in [4.78, 5) is 14.5. The van der Waals surface area contributed by atoms with E-state index in [-0.39, 0.29) is 11.1 Å². The summed E-state index contributed by atoms with van der Waals surface area (Å²) >= 11 is 0. The molecule has 2 aromatic rings. The van der Waals surface area contributed by atoms with Crippen LogP contribution in [0.4, 0.5) is 5.82 Å². The van der Waals surface area contributed by atoms with E-state index in [0.717, 1.165) is 0 Å². The van der Waals surface area contributed by atoms with Crippen LogP contribution in [0.2, 0.25) is 0 Å². The van der Waals surface area contributed by atoms with E-state index in [9.17, 15) is 8.42 Å². The van der Waals surface area contributed by atoms with Crippen LogP contribution in [0.15, 0.2) is 29.9 Å². The van der Waals surface area contributed by atoms with E-state index in [1.807, 2.05) is 0 Å². The lowest BCUT2D eigenvalue weighted by Crippen LogP contribution is -2.42. The van der Waals surface area contributed by atoms with E-state index in [2.05, 4.69) is 25.3 Å². The van der Waals surface area contributed by atoms with Gasteiger partial charge in [-0.15, -0.1) is 0 Å². The van der Waals surface area contributed by atoms with Gasteiger partial charge in [0.25, 0.3) is 10.0 Å². The van der Waals surface area contributed by atoms with Crippen LogP contribution in [0.25, 0.3) is 0 Å². The van der Waals surface area contributed by atoms with E-state index in [1.54, 1.807) is 13.2 Å². The molecule has 1 aliphatic heterocycles. The lowest BCUT2D eigenvalue weighted by molar-refractivity contribution is 0.328. The Bertz CT molecular complexity index is 741. The maximum Gasteiger partial charge on any atom is 0.260 e. The molecule has 10 heteroatoms. The molecule has 0 bridgehead atoms. The van der Waals surface area contributed by atoms with Gasteiger partial charge in [-0.05, 0) is 12.8 Å². The summed E-state index contributed by atoms with van der Waals surface area (Å²) in [5.74, 6) is 1.16. The first-order valence-corrected chi connectivity index (χ1v) is 8.64. The van der Waals surface area contributed by atoms with Crippen molar-refractivity contribution in [2.45, 2.75) is 23.9 Å². The minimum absolute atomic E-state index is 0.129. The second-order valence-electron chi connectivity index (χ2n) is 5.18. The second-order valence-corrected chi connectivity index (χ2v) is 7.09. The highest BCUT2D eigenvalue weighted by molar-refractivity contribution is 7.89. The van der Waals surface area contributed by atoms with Crippen LogP contribution in [0.1, 0.15) is 12.8 Å². The first-order valence-electron chi connectivity index (χ1n) is 7.20. The van der Waals surface area contributed by atoms with E-state index < -0.39 is 10.0 Å². The minimum atomic E-state index is -3.48. The molecule has 0 radical (unpaired) electrons. The van der Waals surface area contributed by atoms with Gasteiger partial charge in [0.1, 0.15) is 12.1 Å². The molecule has 0 unspecified atom stereocenters. The molecule has 0 aromatic carbocycles. The van der Waals surface area contributed by atoms with Gasteiger partial charge in [-0.1, -0.05) is 0 Å². The number of nitrogens with zero attached hydrogens (tertiary/aromatic N) is 4. The molecule has 1 fully saturated rings. The number of aromatic nitrogens is 4. The number of sulfonamides is 1. The Morgan fingerprint density at radius 2 is 2.13 bits per heavy atom. The molecular weight excluding hydrogens is 320 g/mol. The zero-order valence-corrected chi connectivity index (χ0v) is 13.5. The highest BCUT2D eigenvalue weighted by Gasteiger charge is 2.30. The second kappa shape index (κ2) is 6.50. The summed E-state index contributed by atoms with van der Waals surface area (Å²) in [5.41, 5.74) is 0. The number of H-pyrrole nitrogens is 1. The maximum atomic E-state index is 12.4. The molecule has 0 spiro atoms. The molecule has 23 heavy (non-hydrogen) atoms. The molecule has 0 amide bonds. The lowest BCUT2D eigenvalue weighted by atomic mass is 10.1. The van der Waals surface area contributed by atoms with Crippen molar-refractivity contribution in [2.75, 3.05) is 25.5 Å². The van der Waals surface area contributed by atoms with Crippen molar-refractivity contribution >= 4 is 15.8 Å². The molecular formula is C13H18N6O3S. The average Bonchev–Trinajstić information content (AvgIpc) is 3.11. The highest BCUT2D eigenvalue weighted by atomic mass is 32.2. The molecule has 1 aliphatic rings. The minimum Gasteiger partial charge on any atom is -0.481 e. The fourth-order valence-electron chi connectivity index (χ4n) is 2.50. The SMILES string of the molecule is COc1cc(NC2CCN(S(=O)(=O)c3cnc[nH]3)CC2)ncn1. The summed E-state index contributed by atoms with van der Waals surface area (Å²) < 4.78 is 31.3. The van der Waals surface area contributed by atoms with Gasteiger partial charge in [0.15, 0.2) is 5.03 Å². The van der Waals surface area contributed by atoms with Crippen molar-refractivity contribution in [1.29, 1.82) is 0 Å². The number of piperidine rings is 1. The molecule has 9 nitrogen and oxygen atoms in total. The van der Waals surface area contributed by atoms with E-state index >= 15 is 0 Å². The molecule has 3 heterocycles. The fourth-order valence-corrected chi connectivity index (χ4v) is 3.87. The normalized spacial score (nSPS) is 17.1. The van der Waals surface area contributed by atoms with Crippen LogP contribution in [0.5, 0.6) is 5.88 Å². The molecule has 1 saturated heterocycles. The summed E-state index contributed by atoms with van der Waals surface area (Å²) in [6.07, 6.45) is 5.51. The Morgan fingerprint density at radius 3 is 2.78 bits per heavy atom. The molecule has 0 atom stereocenters. The van der Waals surface area contributed by atoms with Gasteiger partial charge >= 0.3 is 0 Å². The third-order valence-electron chi connectivity index (χ3n) is 3.75. The van der Waals surface area contributed by atoms with Crippen LogP contribution in [0, 0.1) is 0 Å². The average molecular weight is 338 g/mol. The number of ether oxygens (including phenoxy) is 1. The van der Waals surface area contributed by atoms with Crippen molar-refractivity contribution in [3.63, 3.8) is 0 Å². The van der Waals surface area contributed by atoms with E-state index in [4.69, 9.17) is 4.74 Å². The molecule has 2 aromatic heterocycles. The zero-order chi connectivity index (χ0) is 16.3. The summed E-state index contributed by atoms with van der Waals surface area (Å²) in [7, 11) is -1.94. The number of rotatable bonds is 5. The van der Waals surface area contributed by atoms with Gasteiger partial charge in [-0.25, -0.2) is 23.4 Å². The number of nitrogens with one attached hydrogen (secondary N) is 2. The Morgan fingerprint density at radius 1 is 1.35 bits per heavy atom. The van der Waals surface area contributed by atoms with Gasteiger partial charge in [-0.2, -0.15) is 4.31 Å². The van der Waals surface area contributed by atoms with Crippen molar-refractivity contribution in [3.05, 3.63) is 24.9 Å². The van der Waals surface area contributed by atoms with Gasteiger partial charge < -0.3 is 15.0 Å². The number of anilines is 1. The predicted molar refractivity (Wildman–Crippen MR) is 82.6 cm³/mol. The number of hydrogen-bond donors (Lipinski definition) is 2. The Balaban J connectivity index is 1.60. The van der Waals surface area contributed by atoms with Crippen LogP contribution >= 0.6 is 0 Å². The molecule has 0 aliphatic carbocycles. The Hall–Kier alpha value is -2.20. The van der Waals surface area contributed by atoms with Crippen molar-refractivity contribution in [2.24, 2.45) is 0 Å². The fraction of sp³-hybridized carbons (Fsp3) is 0.462. The van der Waals surface area contributed by atoms with Crippen LogP contribution in [-0.2, 0) is 10.0 Å². The number of hydrogen-bond acceptors (Lipinski definition) is 7. The standard InChI is InChI=1S/C13H18N6O3S/c1-22-12-6-11(15-9-16-12)18-10-2-4-19(5-3-10)23(20,21)13-7-14-8-17-13/h6-10H,2-5H2,1H3,(H,14,17)(H,15,16,18). The van der Waals surface area contributed by atoms with E-state index in [1.165, 1.54) is 23.2 Å². The van der Waals surface area contributed by atoms with Crippen LogP contribution in [0.3, 0.4) is 0 Å². The Labute approximate surface area is 134 Å². The van der Waals surface area contributed by atoms with Crippen molar-refractivity contribution < 1.29 is 13.2 Å². The zero-order valence-electron chi connectivity index (χ0n) is 12.6. The van der Waals surface area contributed by atoms with Gasteiger partial charge in [0.2, 0.25) is 5.88 Å². The highest BCUT2D eigenvalue weighted by Crippen LogP contribution is 2.21. The maximum absolute atomic E-state index is 12.4. The first-order chi connectivity index (χ1) is 11.1. The first kappa shape index (κ1) is 15.7. The van der Waals surface area contributed by atoms with Crippen LogP contribution in [-0.4, -0.2) is 58.9 Å².